The predicted octanol–water partition coefficient (Wildman–Crippen LogP) is 16.1. The number of fused-ring (bicyclic) bond motifs is 4. The molecular weight excluding hydrogens is 723 g/mol. The van der Waals surface area contributed by atoms with Crippen molar-refractivity contribution in [2.24, 2.45) is 0 Å². The third-order valence-corrected chi connectivity index (χ3v) is 13.3. The Morgan fingerprint density at radius 1 is 0.400 bits per heavy atom. The van der Waals surface area contributed by atoms with Crippen molar-refractivity contribution in [2.45, 2.75) is 43.4 Å². The summed E-state index contributed by atoms with van der Waals surface area (Å²) in [5, 5.41) is 2.47. The van der Waals surface area contributed by atoms with Gasteiger partial charge in [-0.25, -0.2) is 0 Å². The molecule has 0 atom stereocenters. The molecule has 9 aromatic rings. The lowest BCUT2D eigenvalue weighted by Gasteiger charge is -2.35. The normalized spacial score (nSPS) is 14.4. The summed E-state index contributed by atoms with van der Waals surface area (Å²) in [6, 6.07) is 81.5. The maximum atomic E-state index is 2.59. The molecule has 0 bridgehead atoms. The number of nitrogens with zero attached hydrogens (tertiary/aromatic N) is 1. The molecular formula is C59H47N. The Morgan fingerprint density at radius 3 is 1.65 bits per heavy atom. The van der Waals surface area contributed by atoms with E-state index in [-0.39, 0.29) is 0 Å². The molecule has 0 aliphatic heterocycles. The number of benzene rings is 9. The molecule has 2 aliphatic rings. The molecule has 0 aromatic heterocycles. The molecule has 0 N–H and O–H groups in total. The third kappa shape index (κ3) is 5.99. The van der Waals surface area contributed by atoms with Crippen LogP contribution in [0.25, 0.3) is 44.2 Å². The molecule has 0 saturated heterocycles. The maximum Gasteiger partial charge on any atom is 0.0714 e. The quantitative estimate of drug-likeness (QED) is 0.149. The minimum Gasteiger partial charge on any atom is -0.309 e. The molecule has 1 nitrogen and oxygen atoms in total. The van der Waals surface area contributed by atoms with Gasteiger partial charge in [-0.3, -0.25) is 0 Å². The second kappa shape index (κ2) is 15.3. The summed E-state index contributed by atoms with van der Waals surface area (Å²) < 4.78 is 0. The van der Waals surface area contributed by atoms with Gasteiger partial charge in [0.05, 0.1) is 11.1 Å². The van der Waals surface area contributed by atoms with Gasteiger partial charge in [-0.05, 0) is 110 Å². The summed E-state index contributed by atoms with van der Waals surface area (Å²) in [5.74, 6) is 0.584. The summed E-state index contributed by atoms with van der Waals surface area (Å²) in [5.41, 5.74) is 17.1. The van der Waals surface area contributed by atoms with Gasteiger partial charge >= 0.3 is 0 Å². The van der Waals surface area contributed by atoms with Gasteiger partial charge in [0.15, 0.2) is 0 Å². The van der Waals surface area contributed by atoms with Gasteiger partial charge in [-0.15, -0.1) is 0 Å². The zero-order chi connectivity index (χ0) is 39.9. The third-order valence-electron chi connectivity index (χ3n) is 13.3. The SMILES string of the molecule is c1ccc(-c2ccccc2-c2ccc(N(c3cccc(C4CCCCC4)c3)c3c4c(cc5ccccc35)C(c3ccccc3)(c3ccccc3)c3ccccc3-4)cc2)cc1. The molecule has 1 saturated carbocycles. The molecule has 0 spiro atoms. The van der Waals surface area contributed by atoms with Crippen LogP contribution in [0.2, 0.25) is 0 Å². The standard InChI is InChI=1S/C59H47N/c1-5-20-42(21-6-1)45-25-19-30-50(40-45)60(49-38-36-44(37-39-49)52-32-16-15-31-51(52)43-22-7-2-8-23-43)58-53-33-14-13-24-46(53)41-56-57(58)54-34-17-18-35-55(54)59(56,47-26-9-3-10-27-47)48-28-11-4-12-29-48/h2-4,7-19,22-42H,1,5-6,20-21H2. The highest BCUT2D eigenvalue weighted by Crippen LogP contribution is 2.61. The van der Waals surface area contributed by atoms with Crippen LogP contribution in [-0.4, -0.2) is 0 Å². The Kier molecular flexibility index (Phi) is 9.23. The van der Waals surface area contributed by atoms with Crippen LogP contribution in [0.1, 0.15) is 65.8 Å². The number of hydrogen-bond acceptors (Lipinski definition) is 1. The van der Waals surface area contributed by atoms with Crippen LogP contribution >= 0.6 is 0 Å². The minimum absolute atomic E-state index is 0.520. The first-order valence-corrected chi connectivity index (χ1v) is 21.7. The van der Waals surface area contributed by atoms with Crippen molar-refractivity contribution in [1.29, 1.82) is 0 Å². The maximum absolute atomic E-state index is 2.59. The molecule has 288 valence electrons. The molecule has 0 radical (unpaired) electrons. The molecule has 60 heavy (non-hydrogen) atoms. The van der Waals surface area contributed by atoms with Gasteiger partial charge in [0, 0.05) is 22.3 Å². The average Bonchev–Trinajstić information content (AvgIpc) is 3.63. The number of hydrogen-bond donors (Lipinski definition) is 0. The van der Waals surface area contributed by atoms with Crippen molar-refractivity contribution in [3.63, 3.8) is 0 Å². The van der Waals surface area contributed by atoms with E-state index in [0.717, 1.165) is 5.69 Å². The van der Waals surface area contributed by atoms with Gasteiger partial charge < -0.3 is 4.90 Å². The Bertz CT molecular complexity index is 2900. The highest BCUT2D eigenvalue weighted by atomic mass is 15.1. The minimum atomic E-state index is -0.520. The molecule has 0 amide bonds. The van der Waals surface area contributed by atoms with E-state index in [4.69, 9.17) is 0 Å². The summed E-state index contributed by atoms with van der Waals surface area (Å²) >= 11 is 0. The van der Waals surface area contributed by atoms with Crippen LogP contribution in [0.3, 0.4) is 0 Å². The topological polar surface area (TPSA) is 3.24 Å². The zero-order valence-electron chi connectivity index (χ0n) is 33.8. The van der Waals surface area contributed by atoms with E-state index >= 15 is 0 Å². The second-order valence-electron chi connectivity index (χ2n) is 16.6. The first kappa shape index (κ1) is 36.1. The summed E-state index contributed by atoms with van der Waals surface area (Å²) in [6.45, 7) is 0. The van der Waals surface area contributed by atoms with E-state index in [1.165, 1.54) is 115 Å². The van der Waals surface area contributed by atoms with Crippen LogP contribution in [-0.2, 0) is 5.41 Å². The molecule has 0 unspecified atom stereocenters. The molecule has 9 aromatic carbocycles. The monoisotopic (exact) mass is 769 g/mol. The van der Waals surface area contributed by atoms with Crippen molar-refractivity contribution >= 4 is 27.8 Å². The molecule has 0 heterocycles. The Morgan fingerprint density at radius 2 is 0.967 bits per heavy atom. The molecule has 1 heteroatoms. The van der Waals surface area contributed by atoms with E-state index in [1.54, 1.807) is 0 Å². The predicted molar refractivity (Wildman–Crippen MR) is 253 cm³/mol. The summed E-state index contributed by atoms with van der Waals surface area (Å²) in [7, 11) is 0. The van der Waals surface area contributed by atoms with Crippen LogP contribution < -0.4 is 4.90 Å². The van der Waals surface area contributed by atoms with Crippen molar-refractivity contribution < 1.29 is 0 Å². The van der Waals surface area contributed by atoms with Gasteiger partial charge in [0.25, 0.3) is 0 Å². The van der Waals surface area contributed by atoms with Crippen LogP contribution in [0, 0.1) is 0 Å². The lowest BCUT2D eigenvalue weighted by Crippen LogP contribution is -2.28. The lowest BCUT2D eigenvalue weighted by atomic mass is 9.67. The first-order valence-electron chi connectivity index (χ1n) is 21.7. The van der Waals surface area contributed by atoms with E-state index in [2.05, 4.69) is 223 Å². The van der Waals surface area contributed by atoms with Gasteiger partial charge in [0.1, 0.15) is 0 Å². The molecule has 2 aliphatic carbocycles. The fourth-order valence-electron chi connectivity index (χ4n) is 10.6. The smallest absolute Gasteiger partial charge is 0.0714 e. The number of rotatable bonds is 8. The highest BCUT2D eigenvalue weighted by Gasteiger charge is 2.48. The Balaban J connectivity index is 1.20. The van der Waals surface area contributed by atoms with Crippen molar-refractivity contribution in [2.75, 3.05) is 4.90 Å². The molecule has 1 fully saturated rings. The van der Waals surface area contributed by atoms with E-state index in [0.29, 0.717) is 5.92 Å². The van der Waals surface area contributed by atoms with E-state index in [9.17, 15) is 0 Å². The fraction of sp³-hybridized carbons (Fsp3) is 0.119. The van der Waals surface area contributed by atoms with Crippen LogP contribution in [0.15, 0.2) is 218 Å². The van der Waals surface area contributed by atoms with Gasteiger partial charge in [-0.1, -0.05) is 207 Å². The Labute approximate surface area is 354 Å². The van der Waals surface area contributed by atoms with Crippen LogP contribution in [0.5, 0.6) is 0 Å². The fourth-order valence-corrected chi connectivity index (χ4v) is 10.6. The Hall–Kier alpha value is -6.96. The van der Waals surface area contributed by atoms with E-state index < -0.39 is 5.41 Å². The number of anilines is 3. The lowest BCUT2D eigenvalue weighted by molar-refractivity contribution is 0.443. The summed E-state index contributed by atoms with van der Waals surface area (Å²) in [4.78, 5) is 2.59. The largest absolute Gasteiger partial charge is 0.309 e. The highest BCUT2D eigenvalue weighted by molar-refractivity contribution is 6.10. The zero-order valence-corrected chi connectivity index (χ0v) is 33.8. The van der Waals surface area contributed by atoms with Crippen molar-refractivity contribution in [3.8, 4) is 33.4 Å². The first-order chi connectivity index (χ1) is 29.8. The van der Waals surface area contributed by atoms with Gasteiger partial charge in [-0.2, -0.15) is 0 Å². The van der Waals surface area contributed by atoms with Crippen molar-refractivity contribution in [1.82, 2.24) is 0 Å². The average molecular weight is 770 g/mol. The van der Waals surface area contributed by atoms with Gasteiger partial charge in [0.2, 0.25) is 0 Å². The summed E-state index contributed by atoms with van der Waals surface area (Å²) in [6.07, 6.45) is 6.46. The van der Waals surface area contributed by atoms with E-state index in [1.807, 2.05) is 0 Å². The molecule has 11 rings (SSSR count). The van der Waals surface area contributed by atoms with Crippen LogP contribution in [0.4, 0.5) is 17.1 Å². The van der Waals surface area contributed by atoms with Crippen molar-refractivity contribution in [3.05, 3.63) is 246 Å². The second-order valence-corrected chi connectivity index (χ2v) is 16.6.